The third-order valence-electron chi connectivity index (χ3n) is 4.56. The molecule has 0 unspecified atom stereocenters. The maximum absolute atomic E-state index is 4.63. The molecule has 4 nitrogen and oxygen atoms in total. The minimum absolute atomic E-state index is 0.943. The molecule has 0 aliphatic carbocycles. The number of thiazole rings is 1. The zero-order chi connectivity index (χ0) is 17.1. The van der Waals surface area contributed by atoms with Crippen molar-refractivity contribution in [2.75, 3.05) is 49.5 Å². The van der Waals surface area contributed by atoms with Gasteiger partial charge >= 0.3 is 0 Å². The number of piperazine rings is 1. The highest BCUT2D eigenvalue weighted by Gasteiger charge is 2.16. The number of benzene rings is 2. The van der Waals surface area contributed by atoms with Crippen LogP contribution in [0.5, 0.6) is 0 Å². The Morgan fingerprint density at radius 2 is 1.76 bits per heavy atom. The van der Waals surface area contributed by atoms with Crippen molar-refractivity contribution in [1.29, 1.82) is 0 Å². The zero-order valence-electron chi connectivity index (χ0n) is 14.0. The van der Waals surface area contributed by atoms with Crippen LogP contribution < -0.4 is 10.2 Å². The summed E-state index contributed by atoms with van der Waals surface area (Å²) in [6.45, 7) is 6.39. The standard InChI is InChI=1S/C19H21BrN4S/c20-15-5-7-16(8-6-15)24-13-11-23(12-14-24)10-9-21-19-22-17-3-1-2-4-18(17)25-19/h1-8H,9-14H2,(H,21,22). The van der Waals surface area contributed by atoms with Gasteiger partial charge in [-0.2, -0.15) is 0 Å². The molecule has 4 rings (SSSR count). The molecule has 0 amide bonds. The molecule has 0 saturated carbocycles. The number of aromatic nitrogens is 1. The van der Waals surface area contributed by atoms with Crippen molar-refractivity contribution in [2.24, 2.45) is 0 Å². The Morgan fingerprint density at radius 1 is 1.00 bits per heavy atom. The molecule has 1 fully saturated rings. The second kappa shape index (κ2) is 7.72. The number of halogens is 1. The molecule has 6 heteroatoms. The average Bonchev–Trinajstić information content (AvgIpc) is 3.06. The third-order valence-corrected chi connectivity index (χ3v) is 6.08. The number of rotatable bonds is 5. The fourth-order valence-corrected chi connectivity index (χ4v) is 4.31. The van der Waals surface area contributed by atoms with Crippen molar-refractivity contribution in [2.45, 2.75) is 0 Å². The van der Waals surface area contributed by atoms with Gasteiger partial charge in [-0.05, 0) is 36.4 Å². The minimum Gasteiger partial charge on any atom is -0.369 e. The Hall–Kier alpha value is -1.63. The largest absolute Gasteiger partial charge is 0.369 e. The van der Waals surface area contributed by atoms with E-state index < -0.39 is 0 Å². The second-order valence-electron chi connectivity index (χ2n) is 6.22. The van der Waals surface area contributed by atoms with E-state index in [-0.39, 0.29) is 0 Å². The summed E-state index contributed by atoms with van der Waals surface area (Å²) in [5, 5.41) is 4.50. The maximum Gasteiger partial charge on any atom is 0.183 e. The molecule has 3 aromatic rings. The van der Waals surface area contributed by atoms with Gasteiger partial charge in [0.1, 0.15) is 0 Å². The van der Waals surface area contributed by atoms with E-state index in [2.05, 4.69) is 78.5 Å². The predicted molar refractivity (Wildman–Crippen MR) is 111 cm³/mol. The van der Waals surface area contributed by atoms with Crippen LogP contribution in [0.1, 0.15) is 0 Å². The van der Waals surface area contributed by atoms with Crippen LogP contribution in [0.25, 0.3) is 10.2 Å². The van der Waals surface area contributed by atoms with E-state index in [0.29, 0.717) is 0 Å². The number of anilines is 2. The zero-order valence-corrected chi connectivity index (χ0v) is 16.4. The van der Waals surface area contributed by atoms with Crippen molar-refractivity contribution in [3.8, 4) is 0 Å². The van der Waals surface area contributed by atoms with Crippen LogP contribution in [-0.2, 0) is 0 Å². The molecule has 130 valence electrons. The number of para-hydroxylation sites is 1. The van der Waals surface area contributed by atoms with Crippen molar-refractivity contribution in [3.05, 3.63) is 53.0 Å². The lowest BCUT2D eigenvalue weighted by Crippen LogP contribution is -2.47. The van der Waals surface area contributed by atoms with Gasteiger partial charge in [-0.1, -0.05) is 39.4 Å². The molecule has 0 radical (unpaired) electrons. The van der Waals surface area contributed by atoms with Crippen LogP contribution in [0.3, 0.4) is 0 Å². The topological polar surface area (TPSA) is 31.4 Å². The van der Waals surface area contributed by atoms with Crippen molar-refractivity contribution >= 4 is 48.3 Å². The van der Waals surface area contributed by atoms with E-state index in [1.807, 2.05) is 6.07 Å². The highest BCUT2D eigenvalue weighted by atomic mass is 79.9. The monoisotopic (exact) mass is 416 g/mol. The van der Waals surface area contributed by atoms with Gasteiger partial charge in [0.05, 0.1) is 10.2 Å². The van der Waals surface area contributed by atoms with E-state index in [9.17, 15) is 0 Å². The maximum atomic E-state index is 4.63. The molecule has 1 aromatic heterocycles. The smallest absolute Gasteiger partial charge is 0.183 e. The molecule has 1 aliphatic heterocycles. The highest BCUT2D eigenvalue weighted by molar-refractivity contribution is 9.10. The molecule has 2 heterocycles. The summed E-state index contributed by atoms with van der Waals surface area (Å²) in [4.78, 5) is 9.62. The molecule has 1 saturated heterocycles. The Kier molecular flexibility index (Phi) is 5.20. The quantitative estimate of drug-likeness (QED) is 0.671. The Balaban J connectivity index is 1.24. The Labute approximate surface area is 160 Å². The van der Waals surface area contributed by atoms with Crippen LogP contribution in [0.2, 0.25) is 0 Å². The Morgan fingerprint density at radius 3 is 2.52 bits per heavy atom. The molecular weight excluding hydrogens is 396 g/mol. The SMILES string of the molecule is Brc1ccc(N2CCN(CCNc3nc4ccccc4s3)CC2)cc1. The van der Waals surface area contributed by atoms with Gasteiger partial charge in [0.15, 0.2) is 5.13 Å². The van der Waals surface area contributed by atoms with E-state index in [1.54, 1.807) is 11.3 Å². The first-order valence-corrected chi connectivity index (χ1v) is 10.2. The van der Waals surface area contributed by atoms with Crippen molar-refractivity contribution in [3.63, 3.8) is 0 Å². The minimum atomic E-state index is 0.943. The van der Waals surface area contributed by atoms with Gasteiger partial charge in [0.2, 0.25) is 0 Å². The van der Waals surface area contributed by atoms with Crippen molar-refractivity contribution < 1.29 is 0 Å². The number of hydrogen-bond donors (Lipinski definition) is 1. The fourth-order valence-electron chi connectivity index (χ4n) is 3.15. The molecule has 1 aliphatic rings. The molecule has 0 spiro atoms. The lowest BCUT2D eigenvalue weighted by molar-refractivity contribution is 0.267. The lowest BCUT2D eigenvalue weighted by atomic mass is 10.2. The number of fused-ring (bicyclic) bond motifs is 1. The number of nitrogens with zero attached hydrogens (tertiary/aromatic N) is 3. The highest BCUT2D eigenvalue weighted by Crippen LogP contribution is 2.25. The third kappa shape index (κ3) is 4.14. The van der Waals surface area contributed by atoms with E-state index >= 15 is 0 Å². The lowest BCUT2D eigenvalue weighted by Gasteiger charge is -2.36. The summed E-state index contributed by atoms with van der Waals surface area (Å²) in [6, 6.07) is 16.9. The van der Waals surface area contributed by atoms with Gasteiger partial charge in [0.25, 0.3) is 0 Å². The van der Waals surface area contributed by atoms with E-state index in [1.165, 1.54) is 10.4 Å². The fraction of sp³-hybridized carbons (Fsp3) is 0.316. The van der Waals surface area contributed by atoms with Gasteiger partial charge in [0, 0.05) is 49.4 Å². The molecular formula is C19H21BrN4S. The van der Waals surface area contributed by atoms with E-state index in [4.69, 9.17) is 0 Å². The molecule has 1 N–H and O–H groups in total. The summed E-state index contributed by atoms with van der Waals surface area (Å²) < 4.78 is 2.38. The van der Waals surface area contributed by atoms with Crippen molar-refractivity contribution in [1.82, 2.24) is 9.88 Å². The summed E-state index contributed by atoms with van der Waals surface area (Å²) in [6.07, 6.45) is 0. The van der Waals surface area contributed by atoms with Gasteiger partial charge in [-0.3, -0.25) is 4.90 Å². The average molecular weight is 417 g/mol. The van der Waals surface area contributed by atoms with Crippen LogP contribution in [0.4, 0.5) is 10.8 Å². The van der Waals surface area contributed by atoms with Crippen LogP contribution in [0, 0.1) is 0 Å². The normalized spacial score (nSPS) is 15.6. The Bertz CT molecular complexity index is 792. The number of nitrogens with one attached hydrogen (secondary N) is 1. The molecule has 25 heavy (non-hydrogen) atoms. The summed E-state index contributed by atoms with van der Waals surface area (Å²) in [5.41, 5.74) is 2.40. The summed E-state index contributed by atoms with van der Waals surface area (Å²) in [5.74, 6) is 0. The summed E-state index contributed by atoms with van der Waals surface area (Å²) >= 11 is 5.23. The summed E-state index contributed by atoms with van der Waals surface area (Å²) in [7, 11) is 0. The molecule has 0 bridgehead atoms. The first-order valence-electron chi connectivity index (χ1n) is 8.60. The number of hydrogen-bond acceptors (Lipinski definition) is 5. The van der Waals surface area contributed by atoms with Gasteiger partial charge in [-0.25, -0.2) is 4.98 Å². The molecule has 2 aromatic carbocycles. The van der Waals surface area contributed by atoms with Crippen LogP contribution in [0.15, 0.2) is 53.0 Å². The molecule has 0 atom stereocenters. The van der Waals surface area contributed by atoms with E-state index in [0.717, 1.165) is 54.4 Å². The first kappa shape index (κ1) is 16.8. The van der Waals surface area contributed by atoms with Gasteiger partial charge in [-0.15, -0.1) is 0 Å². The second-order valence-corrected chi connectivity index (χ2v) is 8.16. The predicted octanol–water partition coefficient (Wildman–Crippen LogP) is 4.29. The van der Waals surface area contributed by atoms with Gasteiger partial charge < -0.3 is 10.2 Å². The first-order chi connectivity index (χ1) is 12.3. The van der Waals surface area contributed by atoms with Crippen LogP contribution >= 0.6 is 27.3 Å². The van der Waals surface area contributed by atoms with Crippen LogP contribution in [-0.4, -0.2) is 49.2 Å².